The van der Waals surface area contributed by atoms with Crippen molar-refractivity contribution >= 4 is 11.5 Å². The van der Waals surface area contributed by atoms with Crippen LogP contribution in [0.5, 0.6) is 0 Å². The van der Waals surface area contributed by atoms with Gasteiger partial charge in [0.25, 0.3) is 0 Å². The molecule has 0 saturated carbocycles. The van der Waals surface area contributed by atoms with Crippen LogP contribution in [0.2, 0.25) is 0 Å². The number of amidine groups is 1. The van der Waals surface area contributed by atoms with Crippen LogP contribution in [0.25, 0.3) is 0 Å². The molecule has 2 heterocycles. The molecule has 1 atom stereocenters. The standard InChI is InChI=1S/C22H27N3O/c1-17-10-11-18(2)21(13-17)25-16-24(14-20-9-6-12-26-20)15-23-22(25)19-7-4-3-5-8-19/h3-5,7-8,10-11,13,20H,6,9,12,14-16H2,1-2H3. The molecule has 136 valence electrons. The van der Waals surface area contributed by atoms with Gasteiger partial charge in [0.1, 0.15) is 5.84 Å². The molecule has 4 nitrogen and oxygen atoms in total. The Morgan fingerprint density at radius 1 is 1.12 bits per heavy atom. The summed E-state index contributed by atoms with van der Waals surface area (Å²) in [4.78, 5) is 9.72. The smallest absolute Gasteiger partial charge is 0.137 e. The Labute approximate surface area is 156 Å². The van der Waals surface area contributed by atoms with Gasteiger partial charge < -0.3 is 9.64 Å². The second-order valence-corrected chi connectivity index (χ2v) is 7.34. The summed E-state index contributed by atoms with van der Waals surface area (Å²) < 4.78 is 5.84. The second-order valence-electron chi connectivity index (χ2n) is 7.34. The summed E-state index contributed by atoms with van der Waals surface area (Å²) in [6.45, 7) is 7.75. The van der Waals surface area contributed by atoms with Crippen molar-refractivity contribution in [2.24, 2.45) is 4.99 Å². The van der Waals surface area contributed by atoms with Crippen LogP contribution >= 0.6 is 0 Å². The first kappa shape index (κ1) is 17.3. The number of anilines is 1. The fourth-order valence-corrected chi connectivity index (χ4v) is 3.79. The third kappa shape index (κ3) is 3.67. The first-order valence-corrected chi connectivity index (χ1v) is 9.49. The zero-order valence-electron chi connectivity index (χ0n) is 15.7. The van der Waals surface area contributed by atoms with Crippen molar-refractivity contribution in [1.82, 2.24) is 4.90 Å². The lowest BCUT2D eigenvalue weighted by Crippen LogP contribution is -2.49. The first-order chi connectivity index (χ1) is 12.7. The van der Waals surface area contributed by atoms with Crippen molar-refractivity contribution in [1.29, 1.82) is 0 Å². The maximum atomic E-state index is 5.84. The van der Waals surface area contributed by atoms with Gasteiger partial charge in [0.15, 0.2) is 0 Å². The van der Waals surface area contributed by atoms with Crippen LogP contribution in [0.15, 0.2) is 53.5 Å². The summed E-state index contributed by atoms with van der Waals surface area (Å²) in [5.41, 5.74) is 4.96. The van der Waals surface area contributed by atoms with Gasteiger partial charge in [-0.25, -0.2) is 0 Å². The average Bonchev–Trinajstić information content (AvgIpc) is 3.17. The lowest BCUT2D eigenvalue weighted by Gasteiger charge is -2.38. The highest BCUT2D eigenvalue weighted by atomic mass is 16.5. The minimum atomic E-state index is 0.351. The van der Waals surface area contributed by atoms with Gasteiger partial charge in [-0.1, -0.05) is 42.5 Å². The maximum Gasteiger partial charge on any atom is 0.137 e. The maximum absolute atomic E-state index is 5.84. The van der Waals surface area contributed by atoms with Crippen molar-refractivity contribution in [3.8, 4) is 0 Å². The van der Waals surface area contributed by atoms with E-state index < -0.39 is 0 Å². The number of aryl methyl sites for hydroxylation is 2. The van der Waals surface area contributed by atoms with E-state index in [4.69, 9.17) is 9.73 Å². The number of benzene rings is 2. The Hall–Kier alpha value is -2.17. The predicted molar refractivity (Wildman–Crippen MR) is 107 cm³/mol. The fraction of sp³-hybridized carbons (Fsp3) is 0.409. The molecule has 1 fully saturated rings. The number of aliphatic imine (C=N–C) groups is 1. The Kier molecular flexibility index (Phi) is 5.05. The summed E-state index contributed by atoms with van der Waals surface area (Å²) in [6.07, 6.45) is 2.69. The van der Waals surface area contributed by atoms with Crippen LogP contribution in [0, 0.1) is 13.8 Å². The second kappa shape index (κ2) is 7.60. The van der Waals surface area contributed by atoms with E-state index in [0.717, 1.165) is 38.7 Å². The molecule has 4 heteroatoms. The van der Waals surface area contributed by atoms with Crippen LogP contribution in [-0.4, -0.2) is 43.3 Å². The zero-order valence-corrected chi connectivity index (χ0v) is 15.7. The van der Waals surface area contributed by atoms with Gasteiger partial charge in [0.2, 0.25) is 0 Å². The van der Waals surface area contributed by atoms with E-state index in [1.807, 2.05) is 0 Å². The molecule has 1 saturated heterocycles. The Morgan fingerprint density at radius 3 is 2.73 bits per heavy atom. The van der Waals surface area contributed by atoms with E-state index in [2.05, 4.69) is 72.2 Å². The normalized spacial score (nSPS) is 21.1. The van der Waals surface area contributed by atoms with Gasteiger partial charge in [0.05, 0.1) is 19.4 Å². The molecule has 0 aromatic heterocycles. The summed E-state index contributed by atoms with van der Waals surface area (Å²) in [7, 11) is 0. The Balaban J connectivity index is 1.66. The zero-order chi connectivity index (χ0) is 17.9. The average molecular weight is 349 g/mol. The van der Waals surface area contributed by atoms with Crippen LogP contribution < -0.4 is 4.90 Å². The molecule has 1 unspecified atom stereocenters. The van der Waals surface area contributed by atoms with Gasteiger partial charge >= 0.3 is 0 Å². The number of ether oxygens (including phenoxy) is 1. The highest BCUT2D eigenvalue weighted by Gasteiger charge is 2.27. The van der Waals surface area contributed by atoms with Gasteiger partial charge in [-0.3, -0.25) is 9.89 Å². The van der Waals surface area contributed by atoms with Crippen molar-refractivity contribution in [2.75, 3.05) is 31.4 Å². The molecule has 2 aromatic carbocycles. The minimum Gasteiger partial charge on any atom is -0.377 e. The highest BCUT2D eigenvalue weighted by Crippen LogP contribution is 2.27. The minimum absolute atomic E-state index is 0.351. The quantitative estimate of drug-likeness (QED) is 0.836. The molecule has 0 aliphatic carbocycles. The van der Waals surface area contributed by atoms with Crippen molar-refractivity contribution < 1.29 is 4.74 Å². The van der Waals surface area contributed by atoms with E-state index in [-0.39, 0.29) is 0 Å². The Morgan fingerprint density at radius 2 is 1.96 bits per heavy atom. The molecule has 2 aromatic rings. The number of nitrogens with zero attached hydrogens (tertiary/aromatic N) is 3. The number of hydrogen-bond donors (Lipinski definition) is 0. The summed E-state index contributed by atoms with van der Waals surface area (Å²) in [5.74, 6) is 1.06. The molecular formula is C22H27N3O. The Bertz CT molecular complexity index is 781. The summed E-state index contributed by atoms with van der Waals surface area (Å²) in [5, 5.41) is 0. The van der Waals surface area contributed by atoms with Gasteiger partial charge in [0, 0.05) is 24.4 Å². The van der Waals surface area contributed by atoms with Crippen LogP contribution in [-0.2, 0) is 4.74 Å². The first-order valence-electron chi connectivity index (χ1n) is 9.49. The molecule has 26 heavy (non-hydrogen) atoms. The molecule has 0 spiro atoms. The molecule has 0 N–H and O–H groups in total. The fourth-order valence-electron chi connectivity index (χ4n) is 3.79. The molecular weight excluding hydrogens is 322 g/mol. The van der Waals surface area contributed by atoms with E-state index in [0.29, 0.717) is 6.10 Å². The highest BCUT2D eigenvalue weighted by molar-refractivity contribution is 6.10. The summed E-state index contributed by atoms with van der Waals surface area (Å²) >= 11 is 0. The van der Waals surface area contributed by atoms with E-state index in [9.17, 15) is 0 Å². The number of hydrogen-bond acceptors (Lipinski definition) is 4. The van der Waals surface area contributed by atoms with E-state index in [1.54, 1.807) is 0 Å². The SMILES string of the molecule is Cc1ccc(C)c(N2CN(CC3CCCO3)CN=C2c2ccccc2)c1. The van der Waals surface area contributed by atoms with E-state index in [1.165, 1.54) is 28.8 Å². The molecule has 0 bridgehead atoms. The van der Waals surface area contributed by atoms with Crippen LogP contribution in [0.4, 0.5) is 5.69 Å². The van der Waals surface area contributed by atoms with Crippen LogP contribution in [0.3, 0.4) is 0 Å². The third-order valence-electron chi connectivity index (χ3n) is 5.19. The lowest BCUT2D eigenvalue weighted by molar-refractivity contribution is 0.0739. The molecule has 0 radical (unpaired) electrons. The van der Waals surface area contributed by atoms with Crippen LogP contribution in [0.1, 0.15) is 29.5 Å². The van der Waals surface area contributed by atoms with Crippen molar-refractivity contribution in [3.63, 3.8) is 0 Å². The largest absolute Gasteiger partial charge is 0.377 e. The van der Waals surface area contributed by atoms with E-state index >= 15 is 0 Å². The predicted octanol–water partition coefficient (Wildman–Crippen LogP) is 3.97. The molecule has 0 amide bonds. The van der Waals surface area contributed by atoms with Crippen molar-refractivity contribution in [3.05, 3.63) is 65.2 Å². The van der Waals surface area contributed by atoms with Gasteiger partial charge in [-0.2, -0.15) is 0 Å². The lowest BCUT2D eigenvalue weighted by atomic mass is 10.1. The van der Waals surface area contributed by atoms with Crippen molar-refractivity contribution in [2.45, 2.75) is 32.8 Å². The number of rotatable bonds is 4. The third-order valence-corrected chi connectivity index (χ3v) is 5.19. The molecule has 2 aliphatic rings. The van der Waals surface area contributed by atoms with Gasteiger partial charge in [-0.05, 0) is 43.9 Å². The molecule has 2 aliphatic heterocycles. The summed E-state index contributed by atoms with van der Waals surface area (Å²) in [6, 6.07) is 17.1. The molecule has 4 rings (SSSR count). The monoisotopic (exact) mass is 349 g/mol. The van der Waals surface area contributed by atoms with Gasteiger partial charge in [-0.15, -0.1) is 0 Å². The topological polar surface area (TPSA) is 28.1 Å².